The number of aromatic nitrogens is 2. The first-order valence-corrected chi connectivity index (χ1v) is 11.4. The number of urea groups is 1. The van der Waals surface area contributed by atoms with E-state index in [1.807, 2.05) is 13.8 Å². The lowest BCUT2D eigenvalue weighted by molar-refractivity contribution is 0.179. The maximum atomic E-state index is 14.9. The summed E-state index contributed by atoms with van der Waals surface area (Å²) in [7, 11) is 0. The molecule has 0 radical (unpaired) electrons. The van der Waals surface area contributed by atoms with Crippen molar-refractivity contribution in [3.8, 4) is 5.69 Å². The molecule has 0 fully saturated rings. The van der Waals surface area contributed by atoms with Gasteiger partial charge in [0.25, 0.3) is 5.56 Å². The Balaban J connectivity index is 1.87. The van der Waals surface area contributed by atoms with Crippen LogP contribution in [-0.4, -0.2) is 27.0 Å². The summed E-state index contributed by atoms with van der Waals surface area (Å²) in [6.07, 6.45) is 0. The molecule has 0 aliphatic rings. The SMILES string of the molecule is CC(C)CN(C(=O)Nc1ccccc1F)C(C)c1nc2ccccc2c(=O)n1-c1ccccc1F. The third-order valence-corrected chi connectivity index (χ3v) is 5.67. The minimum absolute atomic E-state index is 0.0384. The quantitative estimate of drug-likeness (QED) is 0.376. The Morgan fingerprint density at radius 1 is 0.943 bits per heavy atom. The fourth-order valence-corrected chi connectivity index (χ4v) is 4.00. The van der Waals surface area contributed by atoms with Gasteiger partial charge in [0.15, 0.2) is 0 Å². The first-order valence-electron chi connectivity index (χ1n) is 11.4. The zero-order valence-corrected chi connectivity index (χ0v) is 19.7. The fourth-order valence-electron chi connectivity index (χ4n) is 4.00. The number of hydrogen-bond acceptors (Lipinski definition) is 3. The zero-order valence-electron chi connectivity index (χ0n) is 19.7. The molecule has 4 aromatic rings. The minimum atomic E-state index is -0.749. The fraction of sp³-hybridized carbons (Fsp3) is 0.222. The van der Waals surface area contributed by atoms with Gasteiger partial charge in [-0.25, -0.2) is 18.6 Å². The molecule has 1 heterocycles. The van der Waals surface area contributed by atoms with E-state index >= 15 is 0 Å². The summed E-state index contributed by atoms with van der Waals surface area (Å²) in [6, 6.07) is 17.3. The van der Waals surface area contributed by atoms with Crippen molar-refractivity contribution in [3.63, 3.8) is 0 Å². The van der Waals surface area contributed by atoms with Crippen LogP contribution in [0, 0.1) is 17.6 Å². The molecule has 6 nitrogen and oxygen atoms in total. The molecule has 0 aliphatic heterocycles. The van der Waals surface area contributed by atoms with Crippen molar-refractivity contribution in [1.82, 2.24) is 14.5 Å². The maximum absolute atomic E-state index is 14.9. The standard InChI is InChI=1S/C27H26F2N4O2/c1-17(2)16-32(27(35)31-23-14-8-5-11-20(23)28)18(3)25-30-22-13-7-4-10-19(22)26(34)33(25)24-15-9-6-12-21(24)29/h4-15,17-18H,16H2,1-3H3,(H,31,35). The third-order valence-electron chi connectivity index (χ3n) is 5.67. The summed E-state index contributed by atoms with van der Waals surface area (Å²) in [5.74, 6) is -0.905. The first kappa shape index (κ1) is 24.1. The van der Waals surface area contributed by atoms with Crippen LogP contribution < -0.4 is 10.9 Å². The average molecular weight is 477 g/mol. The van der Waals surface area contributed by atoms with E-state index in [-0.39, 0.29) is 23.1 Å². The van der Waals surface area contributed by atoms with E-state index in [2.05, 4.69) is 10.3 Å². The van der Waals surface area contributed by atoms with Crippen molar-refractivity contribution in [1.29, 1.82) is 0 Å². The zero-order chi connectivity index (χ0) is 25.1. The van der Waals surface area contributed by atoms with E-state index in [0.717, 1.165) is 0 Å². The molecule has 0 aliphatic carbocycles. The molecular formula is C27H26F2N4O2. The summed E-state index contributed by atoms with van der Waals surface area (Å²) in [5.41, 5.74) is 0.0699. The number of nitrogens with zero attached hydrogens (tertiary/aromatic N) is 3. The van der Waals surface area contributed by atoms with Crippen LogP contribution >= 0.6 is 0 Å². The second kappa shape index (κ2) is 10.0. The molecule has 1 atom stereocenters. The van der Waals surface area contributed by atoms with Crippen molar-refractivity contribution in [3.05, 3.63) is 101 Å². The van der Waals surface area contributed by atoms with Gasteiger partial charge < -0.3 is 10.2 Å². The Kier molecular flexibility index (Phi) is 6.91. The Morgan fingerprint density at radius 2 is 1.57 bits per heavy atom. The highest BCUT2D eigenvalue weighted by molar-refractivity contribution is 5.89. The van der Waals surface area contributed by atoms with Gasteiger partial charge in [0.2, 0.25) is 0 Å². The number of para-hydroxylation sites is 3. The van der Waals surface area contributed by atoms with Gasteiger partial charge in [-0.2, -0.15) is 0 Å². The van der Waals surface area contributed by atoms with Crippen LogP contribution in [0.4, 0.5) is 19.3 Å². The Hall–Kier alpha value is -4.07. The molecule has 2 amide bonds. The number of anilines is 1. The van der Waals surface area contributed by atoms with Crippen LogP contribution in [0.5, 0.6) is 0 Å². The highest BCUT2D eigenvalue weighted by Crippen LogP contribution is 2.26. The summed E-state index contributed by atoms with van der Waals surface area (Å²) in [4.78, 5) is 33.0. The first-order chi connectivity index (χ1) is 16.8. The Labute approximate surface area is 201 Å². The summed E-state index contributed by atoms with van der Waals surface area (Å²) < 4.78 is 30.3. The van der Waals surface area contributed by atoms with E-state index in [0.29, 0.717) is 17.4 Å². The molecule has 4 rings (SSSR count). The van der Waals surface area contributed by atoms with Gasteiger partial charge >= 0.3 is 6.03 Å². The number of hydrogen-bond donors (Lipinski definition) is 1. The van der Waals surface area contributed by atoms with Crippen LogP contribution in [-0.2, 0) is 0 Å². The van der Waals surface area contributed by atoms with Crippen molar-refractivity contribution < 1.29 is 13.6 Å². The molecule has 1 unspecified atom stereocenters. The smallest absolute Gasteiger partial charge is 0.314 e. The number of amides is 2. The number of nitrogens with one attached hydrogen (secondary N) is 1. The lowest BCUT2D eigenvalue weighted by atomic mass is 10.1. The topological polar surface area (TPSA) is 67.2 Å². The molecule has 0 saturated carbocycles. The highest BCUT2D eigenvalue weighted by Gasteiger charge is 2.28. The number of carbonyl (C=O) groups excluding carboxylic acids is 1. The number of fused-ring (bicyclic) bond motifs is 1. The maximum Gasteiger partial charge on any atom is 0.322 e. The minimum Gasteiger partial charge on any atom is -0.314 e. The molecule has 1 aromatic heterocycles. The van der Waals surface area contributed by atoms with Crippen LogP contribution in [0.3, 0.4) is 0 Å². The largest absolute Gasteiger partial charge is 0.322 e. The Bertz CT molecular complexity index is 1430. The van der Waals surface area contributed by atoms with E-state index in [4.69, 9.17) is 0 Å². The van der Waals surface area contributed by atoms with Gasteiger partial charge in [-0.05, 0) is 49.2 Å². The highest BCUT2D eigenvalue weighted by atomic mass is 19.1. The number of rotatable bonds is 6. The van der Waals surface area contributed by atoms with Crippen LogP contribution in [0.25, 0.3) is 16.6 Å². The van der Waals surface area contributed by atoms with Crippen molar-refractivity contribution in [2.45, 2.75) is 26.8 Å². The Morgan fingerprint density at radius 3 is 2.26 bits per heavy atom. The normalized spacial score (nSPS) is 12.1. The van der Waals surface area contributed by atoms with Crippen molar-refractivity contribution in [2.24, 2.45) is 5.92 Å². The number of benzene rings is 3. The van der Waals surface area contributed by atoms with Crippen LogP contribution in [0.2, 0.25) is 0 Å². The van der Waals surface area contributed by atoms with Crippen molar-refractivity contribution >= 4 is 22.6 Å². The molecule has 1 N–H and O–H groups in total. The number of halogens is 2. The lowest BCUT2D eigenvalue weighted by Gasteiger charge is -2.32. The van der Waals surface area contributed by atoms with Gasteiger partial charge in [-0.3, -0.25) is 9.36 Å². The van der Waals surface area contributed by atoms with Crippen LogP contribution in [0.15, 0.2) is 77.6 Å². The summed E-state index contributed by atoms with van der Waals surface area (Å²) in [6.45, 7) is 5.89. The molecule has 180 valence electrons. The second-order valence-corrected chi connectivity index (χ2v) is 8.71. The molecule has 0 bridgehead atoms. The van der Waals surface area contributed by atoms with E-state index in [1.54, 1.807) is 43.3 Å². The lowest BCUT2D eigenvalue weighted by Crippen LogP contribution is -2.42. The van der Waals surface area contributed by atoms with Gasteiger partial charge in [0.1, 0.15) is 17.5 Å². The van der Waals surface area contributed by atoms with Gasteiger partial charge in [0, 0.05) is 6.54 Å². The molecule has 0 saturated heterocycles. The third kappa shape index (κ3) is 4.91. The van der Waals surface area contributed by atoms with Crippen LogP contribution in [0.1, 0.15) is 32.6 Å². The predicted octanol–water partition coefficient (Wildman–Crippen LogP) is 5.92. The predicted molar refractivity (Wildman–Crippen MR) is 133 cm³/mol. The van der Waals surface area contributed by atoms with E-state index in [9.17, 15) is 18.4 Å². The van der Waals surface area contributed by atoms with E-state index < -0.39 is 29.3 Å². The van der Waals surface area contributed by atoms with Gasteiger partial charge in [0.05, 0.1) is 28.3 Å². The summed E-state index contributed by atoms with van der Waals surface area (Å²) >= 11 is 0. The van der Waals surface area contributed by atoms with Gasteiger partial charge in [-0.1, -0.05) is 50.2 Å². The number of carbonyl (C=O) groups is 1. The van der Waals surface area contributed by atoms with Gasteiger partial charge in [-0.15, -0.1) is 0 Å². The molecule has 0 spiro atoms. The average Bonchev–Trinajstić information content (AvgIpc) is 2.84. The molecule has 8 heteroatoms. The second-order valence-electron chi connectivity index (χ2n) is 8.71. The molecule has 35 heavy (non-hydrogen) atoms. The molecule has 3 aromatic carbocycles. The monoisotopic (exact) mass is 476 g/mol. The van der Waals surface area contributed by atoms with Crippen molar-refractivity contribution in [2.75, 3.05) is 11.9 Å². The van der Waals surface area contributed by atoms with E-state index in [1.165, 1.54) is 45.9 Å². The molecular weight excluding hydrogens is 450 g/mol. The summed E-state index contributed by atoms with van der Waals surface area (Å²) in [5, 5.41) is 2.94.